The highest BCUT2D eigenvalue weighted by Crippen LogP contribution is 2.27. The number of para-hydroxylation sites is 1. The van der Waals surface area contributed by atoms with E-state index in [-0.39, 0.29) is 11.4 Å². The second kappa shape index (κ2) is 9.40. The lowest BCUT2D eigenvalue weighted by Crippen LogP contribution is -2.42. The Labute approximate surface area is 177 Å². The Bertz CT molecular complexity index is 1020. The molecule has 1 fully saturated rings. The lowest BCUT2D eigenvalue weighted by atomic mass is 10.1. The molecule has 0 aromatic heterocycles. The Morgan fingerprint density at radius 1 is 1.13 bits per heavy atom. The summed E-state index contributed by atoms with van der Waals surface area (Å²) in [5, 5.41) is 2.73. The third-order valence-electron chi connectivity index (χ3n) is 5.12. The average Bonchev–Trinajstić information content (AvgIpc) is 3.24. The van der Waals surface area contributed by atoms with Crippen molar-refractivity contribution in [1.82, 2.24) is 4.31 Å². The number of benzene rings is 2. The second-order valence-electron chi connectivity index (χ2n) is 7.25. The first kappa shape index (κ1) is 22.0. The van der Waals surface area contributed by atoms with Gasteiger partial charge in [0.15, 0.2) is 6.61 Å². The zero-order valence-electron chi connectivity index (χ0n) is 17.1. The number of nitrogens with one attached hydrogen (secondary N) is 1. The largest absolute Gasteiger partial charge is 0.454 e. The van der Waals surface area contributed by atoms with Crippen LogP contribution >= 0.6 is 0 Å². The molecule has 7 nitrogen and oxygen atoms in total. The number of carbonyl (C=O) groups is 2. The predicted molar refractivity (Wildman–Crippen MR) is 114 cm³/mol. The molecule has 1 amide bonds. The van der Waals surface area contributed by atoms with Gasteiger partial charge >= 0.3 is 5.97 Å². The van der Waals surface area contributed by atoms with E-state index in [1.165, 1.54) is 16.4 Å². The molecule has 1 heterocycles. The van der Waals surface area contributed by atoms with Crippen LogP contribution < -0.4 is 5.32 Å². The molecule has 160 valence electrons. The summed E-state index contributed by atoms with van der Waals surface area (Å²) >= 11 is 0. The Kier molecular flexibility index (Phi) is 6.89. The Morgan fingerprint density at radius 2 is 1.83 bits per heavy atom. The topological polar surface area (TPSA) is 92.8 Å². The molecular formula is C22H26N2O5S. The number of amides is 1. The molecule has 2 aromatic carbocycles. The van der Waals surface area contributed by atoms with Crippen molar-refractivity contribution in [2.75, 3.05) is 18.5 Å². The fourth-order valence-corrected chi connectivity index (χ4v) is 5.13. The molecule has 0 unspecified atom stereocenters. The number of hydrogen-bond acceptors (Lipinski definition) is 5. The van der Waals surface area contributed by atoms with E-state index in [0.717, 1.165) is 17.5 Å². The predicted octanol–water partition coefficient (Wildman–Crippen LogP) is 2.89. The van der Waals surface area contributed by atoms with Gasteiger partial charge in [0.05, 0.1) is 4.90 Å². The summed E-state index contributed by atoms with van der Waals surface area (Å²) in [6, 6.07) is 13.0. The van der Waals surface area contributed by atoms with Crippen LogP contribution in [0.1, 0.15) is 30.9 Å². The maximum absolute atomic E-state index is 12.9. The lowest BCUT2D eigenvalue weighted by Gasteiger charge is -2.22. The van der Waals surface area contributed by atoms with Gasteiger partial charge in [-0.05, 0) is 49.9 Å². The van der Waals surface area contributed by atoms with Crippen LogP contribution in [0.2, 0.25) is 0 Å². The van der Waals surface area contributed by atoms with E-state index in [2.05, 4.69) is 5.32 Å². The minimum absolute atomic E-state index is 0.140. The van der Waals surface area contributed by atoms with Crippen molar-refractivity contribution in [3.63, 3.8) is 0 Å². The van der Waals surface area contributed by atoms with E-state index in [1.807, 2.05) is 32.0 Å². The normalized spacial score (nSPS) is 16.9. The molecule has 1 atom stereocenters. The van der Waals surface area contributed by atoms with E-state index in [4.69, 9.17) is 4.74 Å². The van der Waals surface area contributed by atoms with Crippen molar-refractivity contribution >= 4 is 27.6 Å². The number of nitrogens with zero attached hydrogens (tertiary/aromatic N) is 1. The maximum atomic E-state index is 12.9. The first-order valence-electron chi connectivity index (χ1n) is 9.96. The van der Waals surface area contributed by atoms with Crippen LogP contribution in [-0.2, 0) is 30.8 Å². The number of carbonyl (C=O) groups excluding carboxylic acids is 2. The van der Waals surface area contributed by atoms with Crippen LogP contribution in [0.3, 0.4) is 0 Å². The second-order valence-corrected chi connectivity index (χ2v) is 9.14. The molecule has 0 saturated carbocycles. The molecule has 2 aromatic rings. The summed E-state index contributed by atoms with van der Waals surface area (Å²) in [6.07, 6.45) is 1.68. The van der Waals surface area contributed by atoms with Gasteiger partial charge in [0.25, 0.3) is 5.91 Å². The van der Waals surface area contributed by atoms with Gasteiger partial charge in [-0.25, -0.2) is 8.42 Å². The van der Waals surface area contributed by atoms with Crippen molar-refractivity contribution in [2.45, 2.75) is 44.0 Å². The molecule has 30 heavy (non-hydrogen) atoms. The monoisotopic (exact) mass is 430 g/mol. The average molecular weight is 431 g/mol. The quantitative estimate of drug-likeness (QED) is 0.682. The summed E-state index contributed by atoms with van der Waals surface area (Å²) in [6.45, 7) is 3.63. The summed E-state index contributed by atoms with van der Waals surface area (Å²) in [4.78, 5) is 24.9. The number of rotatable bonds is 7. The van der Waals surface area contributed by atoms with Gasteiger partial charge in [0, 0.05) is 12.2 Å². The molecule has 1 aliphatic rings. The van der Waals surface area contributed by atoms with Crippen LogP contribution in [-0.4, -0.2) is 43.8 Å². The molecule has 1 N–H and O–H groups in total. The van der Waals surface area contributed by atoms with Gasteiger partial charge in [0.2, 0.25) is 10.0 Å². The summed E-state index contributed by atoms with van der Waals surface area (Å²) in [5.74, 6) is -1.17. The lowest BCUT2D eigenvalue weighted by molar-refractivity contribution is -0.150. The zero-order valence-corrected chi connectivity index (χ0v) is 17.9. The SMILES string of the molecule is CCc1ccccc1NC(=O)COC(=O)[C@@H]1CCCN1S(=O)(=O)c1ccc(C)cc1. The van der Waals surface area contributed by atoms with Crippen molar-refractivity contribution in [3.05, 3.63) is 59.7 Å². The molecule has 1 saturated heterocycles. The molecule has 0 bridgehead atoms. The standard InChI is InChI=1S/C22H26N2O5S/c1-3-17-7-4-5-8-19(17)23-21(25)15-29-22(26)20-9-6-14-24(20)30(27,28)18-12-10-16(2)11-13-18/h4-5,7-8,10-13,20H,3,6,9,14-15H2,1-2H3,(H,23,25)/t20-/m0/s1. The third kappa shape index (κ3) is 4.88. The fourth-order valence-electron chi connectivity index (χ4n) is 3.48. The molecular weight excluding hydrogens is 404 g/mol. The molecule has 8 heteroatoms. The Morgan fingerprint density at radius 3 is 2.53 bits per heavy atom. The first-order valence-corrected chi connectivity index (χ1v) is 11.4. The summed E-state index contributed by atoms with van der Waals surface area (Å²) in [5.41, 5.74) is 2.59. The van der Waals surface area contributed by atoms with E-state index in [1.54, 1.807) is 18.2 Å². The number of aryl methyl sites for hydroxylation is 2. The molecule has 0 aliphatic carbocycles. The highest BCUT2D eigenvalue weighted by Gasteiger charge is 2.40. The van der Waals surface area contributed by atoms with E-state index in [0.29, 0.717) is 18.5 Å². The zero-order chi connectivity index (χ0) is 21.7. The first-order chi connectivity index (χ1) is 14.3. The van der Waals surface area contributed by atoms with Gasteiger partial charge in [-0.3, -0.25) is 9.59 Å². The van der Waals surface area contributed by atoms with Crippen molar-refractivity contribution < 1.29 is 22.7 Å². The van der Waals surface area contributed by atoms with Gasteiger partial charge < -0.3 is 10.1 Å². The third-order valence-corrected chi connectivity index (χ3v) is 7.04. The smallest absolute Gasteiger partial charge is 0.324 e. The molecule has 0 radical (unpaired) electrons. The van der Waals surface area contributed by atoms with Crippen LogP contribution in [0.15, 0.2) is 53.4 Å². The van der Waals surface area contributed by atoms with Crippen LogP contribution in [0.4, 0.5) is 5.69 Å². The summed E-state index contributed by atoms with van der Waals surface area (Å²) in [7, 11) is -3.81. The van der Waals surface area contributed by atoms with Crippen LogP contribution in [0, 0.1) is 6.92 Å². The van der Waals surface area contributed by atoms with Gasteiger partial charge in [0.1, 0.15) is 6.04 Å². The van der Waals surface area contributed by atoms with E-state index < -0.39 is 34.5 Å². The van der Waals surface area contributed by atoms with E-state index >= 15 is 0 Å². The van der Waals surface area contributed by atoms with E-state index in [9.17, 15) is 18.0 Å². The van der Waals surface area contributed by atoms with Gasteiger partial charge in [-0.1, -0.05) is 42.8 Å². The van der Waals surface area contributed by atoms with Crippen molar-refractivity contribution in [2.24, 2.45) is 0 Å². The minimum Gasteiger partial charge on any atom is -0.454 e. The molecule has 3 rings (SSSR count). The minimum atomic E-state index is -3.81. The Hall–Kier alpha value is -2.71. The maximum Gasteiger partial charge on any atom is 0.324 e. The van der Waals surface area contributed by atoms with Gasteiger partial charge in [-0.15, -0.1) is 0 Å². The number of hydrogen-bond donors (Lipinski definition) is 1. The summed E-state index contributed by atoms with van der Waals surface area (Å²) < 4.78 is 32.2. The van der Waals surface area contributed by atoms with Crippen molar-refractivity contribution in [1.29, 1.82) is 0 Å². The van der Waals surface area contributed by atoms with Crippen LogP contribution in [0.25, 0.3) is 0 Å². The molecule has 1 aliphatic heterocycles. The number of anilines is 1. The highest BCUT2D eigenvalue weighted by molar-refractivity contribution is 7.89. The number of ether oxygens (including phenoxy) is 1. The molecule has 0 spiro atoms. The fraction of sp³-hybridized carbons (Fsp3) is 0.364. The van der Waals surface area contributed by atoms with Crippen molar-refractivity contribution in [3.8, 4) is 0 Å². The number of esters is 1. The number of sulfonamides is 1. The highest BCUT2D eigenvalue weighted by atomic mass is 32.2. The Balaban J connectivity index is 1.63. The van der Waals surface area contributed by atoms with Crippen LogP contribution in [0.5, 0.6) is 0 Å². The van der Waals surface area contributed by atoms with Gasteiger partial charge in [-0.2, -0.15) is 4.31 Å².